The molecule has 162 valence electrons. The van der Waals surface area contributed by atoms with Crippen molar-refractivity contribution in [2.45, 2.75) is 45.5 Å². The summed E-state index contributed by atoms with van der Waals surface area (Å²) in [5, 5.41) is 0. The summed E-state index contributed by atoms with van der Waals surface area (Å²) in [6, 6.07) is 14.0. The van der Waals surface area contributed by atoms with Crippen LogP contribution in [-0.4, -0.2) is 16.8 Å². The summed E-state index contributed by atoms with van der Waals surface area (Å²) >= 11 is 0. The van der Waals surface area contributed by atoms with Gasteiger partial charge in [0, 0.05) is 17.0 Å². The van der Waals surface area contributed by atoms with E-state index in [2.05, 4.69) is 21.4 Å². The molecule has 0 saturated heterocycles. The quantitative estimate of drug-likeness (QED) is 0.579. The van der Waals surface area contributed by atoms with Gasteiger partial charge < -0.3 is 15.0 Å². The topological polar surface area (TPSA) is 57.2 Å². The highest BCUT2D eigenvalue weighted by Gasteiger charge is 2.33. The molecule has 0 saturated carbocycles. The van der Waals surface area contributed by atoms with Gasteiger partial charge in [0.05, 0.1) is 11.6 Å². The molecular formula is C24H23F3N2O2. The Kier molecular flexibility index (Phi) is 5.29. The summed E-state index contributed by atoms with van der Waals surface area (Å²) in [5.41, 5.74) is 11.2. The number of halogens is 3. The van der Waals surface area contributed by atoms with Gasteiger partial charge in [-0.15, -0.1) is 13.2 Å². The molecule has 2 aromatic carbocycles. The number of carbonyl (C=O) groups is 1. The average Bonchev–Trinajstić information content (AvgIpc) is 3.24. The number of fused-ring (bicyclic) bond motifs is 1. The van der Waals surface area contributed by atoms with Crippen LogP contribution in [-0.2, 0) is 12.8 Å². The molecule has 1 aliphatic carbocycles. The monoisotopic (exact) mass is 428 g/mol. The first-order chi connectivity index (χ1) is 14.7. The van der Waals surface area contributed by atoms with Crippen molar-refractivity contribution in [2.75, 3.05) is 0 Å². The molecule has 0 aliphatic heterocycles. The molecule has 0 radical (unpaired) electrons. The molecule has 2 N–H and O–H groups in total. The molecule has 31 heavy (non-hydrogen) atoms. The molecule has 3 aromatic rings. The summed E-state index contributed by atoms with van der Waals surface area (Å²) in [6.07, 6.45) is -2.39. The van der Waals surface area contributed by atoms with Crippen LogP contribution >= 0.6 is 0 Å². The molecule has 4 rings (SSSR count). The number of benzene rings is 2. The zero-order chi connectivity index (χ0) is 22.3. The van der Waals surface area contributed by atoms with E-state index >= 15 is 0 Å². The number of aryl methyl sites for hydroxylation is 1. The van der Waals surface area contributed by atoms with Crippen molar-refractivity contribution in [3.8, 4) is 16.9 Å². The highest BCUT2D eigenvalue weighted by Crippen LogP contribution is 2.42. The normalized spacial score (nSPS) is 15.7. The number of carbonyl (C=O) groups excluding carboxylic acids is 1. The molecule has 1 unspecified atom stereocenters. The van der Waals surface area contributed by atoms with Crippen LogP contribution in [0, 0.1) is 6.92 Å². The molecule has 1 amide bonds. The zero-order valence-electron chi connectivity index (χ0n) is 17.3. The largest absolute Gasteiger partial charge is 0.573 e. The number of rotatable bonds is 5. The Morgan fingerprint density at radius 3 is 2.61 bits per heavy atom. The summed E-state index contributed by atoms with van der Waals surface area (Å²) in [7, 11) is 0. The van der Waals surface area contributed by atoms with E-state index in [1.807, 2.05) is 26.0 Å². The molecule has 1 aliphatic rings. The molecule has 4 nitrogen and oxygen atoms in total. The fourth-order valence-electron chi connectivity index (χ4n) is 4.80. The van der Waals surface area contributed by atoms with Crippen LogP contribution in [0.3, 0.4) is 0 Å². The summed E-state index contributed by atoms with van der Waals surface area (Å²) in [6.45, 7) is 3.82. The molecular weight excluding hydrogens is 405 g/mol. The van der Waals surface area contributed by atoms with E-state index in [4.69, 9.17) is 5.73 Å². The Morgan fingerprint density at radius 1 is 1.19 bits per heavy atom. The number of nitrogens with zero attached hydrogens (tertiary/aromatic N) is 1. The van der Waals surface area contributed by atoms with Crippen molar-refractivity contribution in [1.29, 1.82) is 0 Å². The van der Waals surface area contributed by atoms with Crippen molar-refractivity contribution >= 4 is 5.91 Å². The van der Waals surface area contributed by atoms with Gasteiger partial charge in [0.15, 0.2) is 0 Å². The van der Waals surface area contributed by atoms with Crippen molar-refractivity contribution in [3.05, 3.63) is 76.6 Å². The van der Waals surface area contributed by atoms with Crippen LogP contribution in [0.5, 0.6) is 5.75 Å². The van der Waals surface area contributed by atoms with Crippen LogP contribution in [0.15, 0.2) is 48.5 Å². The van der Waals surface area contributed by atoms with Crippen LogP contribution in [0.25, 0.3) is 11.1 Å². The Bertz CT molecular complexity index is 1150. The first kappa shape index (κ1) is 21.0. The van der Waals surface area contributed by atoms with E-state index in [-0.39, 0.29) is 11.8 Å². The van der Waals surface area contributed by atoms with Crippen molar-refractivity contribution in [3.63, 3.8) is 0 Å². The van der Waals surface area contributed by atoms with E-state index in [1.165, 1.54) is 29.3 Å². The van der Waals surface area contributed by atoms with Gasteiger partial charge >= 0.3 is 6.36 Å². The number of nitrogens with two attached hydrogens (primary N) is 1. The van der Waals surface area contributed by atoms with Crippen LogP contribution in [0.2, 0.25) is 0 Å². The standard InChI is InChI=1S/C24H23F3N2O2/c1-3-19-22(16-8-6-9-17(13-16)31-24(25,26)27)21(23(28)30)14(2)29(19)20-12-11-15-7-4-5-10-18(15)20/h4-10,13,20H,3,11-12H2,1-2H3,(H2,28,30). The minimum atomic E-state index is -4.80. The smallest absolute Gasteiger partial charge is 0.406 e. The number of hydrogen-bond acceptors (Lipinski definition) is 2. The Morgan fingerprint density at radius 2 is 1.94 bits per heavy atom. The molecule has 0 bridgehead atoms. The number of aromatic nitrogens is 1. The van der Waals surface area contributed by atoms with Crippen molar-refractivity contribution < 1.29 is 22.7 Å². The Hall–Kier alpha value is -3.22. The molecule has 1 aromatic heterocycles. The Labute approximate surface area is 178 Å². The molecule has 1 heterocycles. The summed E-state index contributed by atoms with van der Waals surface area (Å²) in [4.78, 5) is 12.5. The highest BCUT2D eigenvalue weighted by atomic mass is 19.4. The predicted molar refractivity (Wildman–Crippen MR) is 112 cm³/mol. The van der Waals surface area contributed by atoms with Gasteiger partial charge in [0.2, 0.25) is 0 Å². The van der Waals surface area contributed by atoms with Crippen LogP contribution in [0.4, 0.5) is 13.2 Å². The van der Waals surface area contributed by atoms with E-state index in [0.717, 1.165) is 24.2 Å². The van der Waals surface area contributed by atoms with Gasteiger partial charge in [0.1, 0.15) is 5.75 Å². The molecule has 0 spiro atoms. The van der Waals surface area contributed by atoms with Gasteiger partial charge in [-0.1, -0.05) is 43.3 Å². The number of hydrogen-bond donors (Lipinski definition) is 1. The van der Waals surface area contributed by atoms with Gasteiger partial charge in [0.25, 0.3) is 5.91 Å². The first-order valence-electron chi connectivity index (χ1n) is 10.2. The molecule has 7 heteroatoms. The summed E-state index contributed by atoms with van der Waals surface area (Å²) < 4.78 is 44.5. The third kappa shape index (κ3) is 3.80. The molecule has 0 fully saturated rings. The lowest BCUT2D eigenvalue weighted by Crippen LogP contribution is -2.17. The predicted octanol–water partition coefficient (Wildman–Crippen LogP) is 5.56. The maximum Gasteiger partial charge on any atom is 0.573 e. The highest BCUT2D eigenvalue weighted by molar-refractivity contribution is 6.02. The maximum absolute atomic E-state index is 12.7. The SMILES string of the molecule is CCc1c(-c2cccc(OC(F)(F)F)c2)c(C(N)=O)c(C)n1C1CCc2ccccc21. The Balaban J connectivity index is 1.92. The van der Waals surface area contributed by atoms with E-state index in [0.29, 0.717) is 23.1 Å². The lowest BCUT2D eigenvalue weighted by Gasteiger charge is -2.20. The van der Waals surface area contributed by atoms with Crippen molar-refractivity contribution in [1.82, 2.24) is 4.57 Å². The fourth-order valence-corrected chi connectivity index (χ4v) is 4.80. The fraction of sp³-hybridized carbons (Fsp3) is 0.292. The van der Waals surface area contributed by atoms with E-state index < -0.39 is 12.3 Å². The number of alkyl halides is 3. The molecule has 1 atom stereocenters. The second kappa shape index (κ2) is 7.80. The second-order valence-corrected chi connectivity index (χ2v) is 7.70. The number of ether oxygens (including phenoxy) is 1. The van der Waals surface area contributed by atoms with Crippen LogP contribution in [0.1, 0.15) is 52.3 Å². The van der Waals surface area contributed by atoms with Gasteiger partial charge in [-0.3, -0.25) is 4.79 Å². The maximum atomic E-state index is 12.7. The third-order valence-electron chi connectivity index (χ3n) is 5.90. The van der Waals surface area contributed by atoms with Gasteiger partial charge in [-0.25, -0.2) is 0 Å². The second-order valence-electron chi connectivity index (χ2n) is 7.70. The van der Waals surface area contributed by atoms with E-state index in [1.54, 1.807) is 6.07 Å². The van der Waals surface area contributed by atoms with E-state index in [9.17, 15) is 18.0 Å². The number of amides is 1. The zero-order valence-corrected chi connectivity index (χ0v) is 17.3. The third-order valence-corrected chi connectivity index (χ3v) is 5.90. The van der Waals surface area contributed by atoms with Crippen molar-refractivity contribution in [2.24, 2.45) is 5.73 Å². The lowest BCUT2D eigenvalue weighted by molar-refractivity contribution is -0.274. The average molecular weight is 428 g/mol. The van der Waals surface area contributed by atoms with Crippen LogP contribution < -0.4 is 10.5 Å². The number of primary amides is 1. The first-order valence-corrected chi connectivity index (χ1v) is 10.2. The van der Waals surface area contributed by atoms with Gasteiger partial charge in [-0.2, -0.15) is 0 Å². The minimum Gasteiger partial charge on any atom is -0.406 e. The lowest BCUT2D eigenvalue weighted by atomic mass is 9.98. The summed E-state index contributed by atoms with van der Waals surface area (Å²) in [5.74, 6) is -0.937. The minimum absolute atomic E-state index is 0.0487. The van der Waals surface area contributed by atoms with Gasteiger partial charge in [-0.05, 0) is 55.0 Å².